The zero-order valence-electron chi connectivity index (χ0n) is 12.5. The molecule has 0 spiro atoms. The third-order valence-corrected chi connectivity index (χ3v) is 6.74. The van der Waals surface area contributed by atoms with Gasteiger partial charge in [0.2, 0.25) is 0 Å². The summed E-state index contributed by atoms with van der Waals surface area (Å²) in [5.41, 5.74) is 0.483. The van der Waals surface area contributed by atoms with Crippen molar-refractivity contribution in [3.8, 4) is 0 Å². The van der Waals surface area contributed by atoms with E-state index in [-0.39, 0.29) is 28.2 Å². The summed E-state index contributed by atoms with van der Waals surface area (Å²) >= 11 is 1.28. The van der Waals surface area contributed by atoms with Crippen LogP contribution in [0.15, 0.2) is 24.3 Å². The van der Waals surface area contributed by atoms with E-state index in [1.807, 2.05) is 0 Å². The molecule has 1 aromatic rings. The third-order valence-electron chi connectivity index (χ3n) is 3.49. The molecular formula is C14H17NO6S2. The average molecular weight is 359 g/mol. The molecule has 2 rings (SSSR count). The highest BCUT2D eigenvalue weighted by atomic mass is 32.2. The molecule has 1 aromatic carbocycles. The number of ether oxygens (including phenoxy) is 1. The summed E-state index contributed by atoms with van der Waals surface area (Å²) in [5, 5.41) is 10.7. The standard InChI is InChI=1S/C14H17NO6S2/c1-10(11-3-2-4-12(7-11)15(17)18)21-14(16)8-22-13-5-6-23(19,20)9-13/h2-4,7,10,13H,5-6,8-9H2,1H3/t10-,13-/m0/s1. The molecule has 0 unspecified atom stereocenters. The van der Waals surface area contributed by atoms with Crippen LogP contribution in [0.5, 0.6) is 0 Å². The molecule has 9 heteroatoms. The molecule has 23 heavy (non-hydrogen) atoms. The Balaban J connectivity index is 1.85. The number of carbonyl (C=O) groups is 1. The Morgan fingerprint density at radius 3 is 2.87 bits per heavy atom. The second-order valence-electron chi connectivity index (χ2n) is 5.32. The van der Waals surface area contributed by atoms with Crippen molar-refractivity contribution in [1.29, 1.82) is 0 Å². The van der Waals surface area contributed by atoms with E-state index < -0.39 is 26.8 Å². The zero-order chi connectivity index (χ0) is 17.0. The fourth-order valence-electron chi connectivity index (χ4n) is 2.27. The fourth-order valence-corrected chi connectivity index (χ4v) is 5.69. The first-order valence-electron chi connectivity index (χ1n) is 7.03. The van der Waals surface area contributed by atoms with Gasteiger partial charge in [-0.05, 0) is 18.9 Å². The lowest BCUT2D eigenvalue weighted by atomic mass is 10.1. The molecule has 1 aliphatic heterocycles. The number of nitrogens with zero attached hydrogens (tertiary/aromatic N) is 1. The van der Waals surface area contributed by atoms with Crippen LogP contribution in [0.4, 0.5) is 5.69 Å². The highest BCUT2D eigenvalue weighted by Crippen LogP contribution is 2.26. The summed E-state index contributed by atoms with van der Waals surface area (Å²) in [7, 11) is -2.96. The van der Waals surface area contributed by atoms with Gasteiger partial charge >= 0.3 is 5.97 Å². The van der Waals surface area contributed by atoms with Crippen molar-refractivity contribution in [2.75, 3.05) is 17.3 Å². The van der Waals surface area contributed by atoms with Crippen molar-refractivity contribution in [2.45, 2.75) is 24.7 Å². The van der Waals surface area contributed by atoms with Crippen molar-refractivity contribution in [1.82, 2.24) is 0 Å². The van der Waals surface area contributed by atoms with Gasteiger partial charge in [0.25, 0.3) is 5.69 Å². The van der Waals surface area contributed by atoms with E-state index in [0.29, 0.717) is 12.0 Å². The van der Waals surface area contributed by atoms with Gasteiger partial charge < -0.3 is 4.74 Å². The fraction of sp³-hybridized carbons (Fsp3) is 0.500. The molecule has 1 fully saturated rings. The summed E-state index contributed by atoms with van der Waals surface area (Å²) < 4.78 is 28.0. The first-order valence-corrected chi connectivity index (χ1v) is 9.90. The topological polar surface area (TPSA) is 104 Å². The number of hydrogen-bond acceptors (Lipinski definition) is 7. The van der Waals surface area contributed by atoms with E-state index in [1.165, 1.54) is 30.0 Å². The molecule has 0 N–H and O–H groups in total. The quantitative estimate of drug-likeness (QED) is 0.435. The van der Waals surface area contributed by atoms with Crippen molar-refractivity contribution in [3.63, 3.8) is 0 Å². The molecule has 0 aliphatic carbocycles. The molecule has 1 heterocycles. The number of sulfone groups is 1. The Morgan fingerprint density at radius 1 is 1.52 bits per heavy atom. The molecular weight excluding hydrogens is 342 g/mol. The van der Waals surface area contributed by atoms with Crippen LogP contribution in [0.25, 0.3) is 0 Å². The van der Waals surface area contributed by atoms with Crippen LogP contribution in [0.3, 0.4) is 0 Å². The van der Waals surface area contributed by atoms with Crippen LogP contribution in [0, 0.1) is 10.1 Å². The molecule has 126 valence electrons. The van der Waals surface area contributed by atoms with E-state index in [2.05, 4.69) is 0 Å². The normalized spacial score (nSPS) is 20.8. The maximum Gasteiger partial charge on any atom is 0.316 e. The lowest BCUT2D eigenvalue weighted by Gasteiger charge is -2.14. The highest BCUT2D eigenvalue weighted by Gasteiger charge is 2.29. The Labute approximate surface area is 138 Å². The number of hydrogen-bond donors (Lipinski definition) is 0. The number of non-ortho nitro benzene ring substituents is 1. The monoisotopic (exact) mass is 359 g/mol. The van der Waals surface area contributed by atoms with Crippen LogP contribution < -0.4 is 0 Å². The van der Waals surface area contributed by atoms with Crippen LogP contribution >= 0.6 is 11.8 Å². The van der Waals surface area contributed by atoms with E-state index in [1.54, 1.807) is 13.0 Å². The van der Waals surface area contributed by atoms with Gasteiger partial charge in [-0.25, -0.2) is 8.42 Å². The molecule has 0 aromatic heterocycles. The van der Waals surface area contributed by atoms with E-state index in [4.69, 9.17) is 4.74 Å². The molecule has 0 saturated carbocycles. The number of benzene rings is 1. The number of carbonyl (C=O) groups excluding carboxylic acids is 1. The van der Waals surface area contributed by atoms with Gasteiger partial charge in [-0.1, -0.05) is 12.1 Å². The Bertz CT molecular complexity index is 703. The number of thioether (sulfide) groups is 1. The summed E-state index contributed by atoms with van der Waals surface area (Å²) in [6.45, 7) is 1.64. The molecule has 1 aliphatic rings. The minimum atomic E-state index is -2.96. The van der Waals surface area contributed by atoms with Gasteiger partial charge in [0.15, 0.2) is 9.84 Å². The van der Waals surface area contributed by atoms with Gasteiger partial charge in [-0.15, -0.1) is 11.8 Å². The highest BCUT2D eigenvalue weighted by molar-refractivity contribution is 8.02. The summed E-state index contributed by atoms with van der Waals surface area (Å²) in [5.74, 6) is -0.118. The minimum absolute atomic E-state index is 0.0593. The van der Waals surface area contributed by atoms with Crippen LogP contribution in [0.1, 0.15) is 25.0 Å². The molecule has 0 radical (unpaired) electrons. The van der Waals surface area contributed by atoms with Crippen molar-refractivity contribution in [2.24, 2.45) is 0 Å². The number of esters is 1. The van der Waals surface area contributed by atoms with Crippen LogP contribution in [0.2, 0.25) is 0 Å². The predicted molar refractivity (Wildman–Crippen MR) is 87.1 cm³/mol. The SMILES string of the molecule is C[C@H](OC(=O)CS[C@H]1CCS(=O)(=O)C1)c1cccc([N+](=O)[O-])c1. The number of rotatable bonds is 6. The van der Waals surface area contributed by atoms with Gasteiger partial charge in [-0.3, -0.25) is 14.9 Å². The minimum Gasteiger partial charge on any atom is -0.457 e. The average Bonchev–Trinajstić information content (AvgIpc) is 2.84. The smallest absolute Gasteiger partial charge is 0.316 e. The third kappa shape index (κ3) is 5.21. The lowest BCUT2D eigenvalue weighted by molar-refractivity contribution is -0.385. The van der Waals surface area contributed by atoms with E-state index in [9.17, 15) is 23.3 Å². The Morgan fingerprint density at radius 2 is 2.26 bits per heavy atom. The number of nitro groups is 1. The second kappa shape index (κ2) is 7.31. The van der Waals surface area contributed by atoms with Gasteiger partial charge in [0.05, 0.1) is 22.2 Å². The molecule has 0 bridgehead atoms. The summed E-state index contributed by atoms with van der Waals surface area (Å²) in [6, 6.07) is 5.93. The van der Waals surface area contributed by atoms with Crippen LogP contribution in [-0.4, -0.2) is 41.8 Å². The maximum absolute atomic E-state index is 11.8. The summed E-state index contributed by atoms with van der Waals surface area (Å²) in [6.07, 6.45) is -0.0453. The van der Waals surface area contributed by atoms with Crippen molar-refractivity contribution < 1.29 is 22.9 Å². The zero-order valence-corrected chi connectivity index (χ0v) is 14.1. The molecule has 2 atom stereocenters. The van der Waals surface area contributed by atoms with Crippen molar-refractivity contribution in [3.05, 3.63) is 39.9 Å². The van der Waals surface area contributed by atoms with Gasteiger partial charge in [0.1, 0.15) is 6.10 Å². The van der Waals surface area contributed by atoms with Gasteiger partial charge in [-0.2, -0.15) is 0 Å². The van der Waals surface area contributed by atoms with Gasteiger partial charge in [0, 0.05) is 17.4 Å². The second-order valence-corrected chi connectivity index (χ2v) is 8.84. The van der Waals surface area contributed by atoms with E-state index in [0.717, 1.165) is 0 Å². The molecule has 7 nitrogen and oxygen atoms in total. The van der Waals surface area contributed by atoms with E-state index >= 15 is 0 Å². The molecule has 0 amide bonds. The largest absolute Gasteiger partial charge is 0.457 e. The lowest BCUT2D eigenvalue weighted by Crippen LogP contribution is -2.14. The van der Waals surface area contributed by atoms with Crippen LogP contribution in [-0.2, 0) is 19.4 Å². The Kier molecular flexibility index (Phi) is 5.64. The first kappa shape index (κ1) is 17.7. The maximum atomic E-state index is 11.8. The van der Waals surface area contributed by atoms with Crippen molar-refractivity contribution >= 4 is 33.3 Å². The summed E-state index contributed by atoms with van der Waals surface area (Å²) in [4.78, 5) is 22.1. The predicted octanol–water partition coefficient (Wildman–Crippen LogP) is 2.12. The Hall–Kier alpha value is -1.61. The molecule has 1 saturated heterocycles. The first-order chi connectivity index (χ1) is 10.8. The number of nitro benzene ring substituents is 1.